The number of furan rings is 1. The Kier molecular flexibility index (Phi) is 5.46. The third-order valence-electron chi connectivity index (χ3n) is 4.12. The molecule has 3 N–H and O–H groups in total. The second-order valence-corrected chi connectivity index (χ2v) is 5.78. The fourth-order valence-corrected chi connectivity index (χ4v) is 2.96. The Bertz CT molecular complexity index is 526. The second kappa shape index (κ2) is 7.33. The average molecular weight is 307 g/mol. The molecule has 1 aromatic rings. The lowest BCUT2D eigenvalue weighted by atomic mass is 10.1. The molecule has 1 fully saturated rings. The molecular weight excluding hydrogens is 282 g/mol. The summed E-state index contributed by atoms with van der Waals surface area (Å²) in [5.74, 6) is 1.65. The van der Waals surface area contributed by atoms with E-state index in [9.17, 15) is 9.59 Å². The topological polar surface area (TPSA) is 88.6 Å². The van der Waals surface area contributed by atoms with Gasteiger partial charge in [-0.2, -0.15) is 0 Å². The molecule has 0 saturated carbocycles. The van der Waals surface area contributed by atoms with Gasteiger partial charge in [0.25, 0.3) is 0 Å². The van der Waals surface area contributed by atoms with Crippen LogP contribution >= 0.6 is 0 Å². The molecule has 0 radical (unpaired) electrons. The van der Waals surface area contributed by atoms with E-state index in [1.165, 1.54) is 0 Å². The first-order valence-electron chi connectivity index (χ1n) is 7.98. The van der Waals surface area contributed by atoms with Crippen molar-refractivity contribution < 1.29 is 14.0 Å². The molecule has 0 aliphatic carbocycles. The van der Waals surface area contributed by atoms with Crippen LogP contribution in [-0.4, -0.2) is 29.4 Å². The molecule has 0 unspecified atom stereocenters. The molecule has 0 spiro atoms. The minimum Gasteiger partial charge on any atom is -0.464 e. The summed E-state index contributed by atoms with van der Waals surface area (Å²) < 4.78 is 5.86. The summed E-state index contributed by atoms with van der Waals surface area (Å²) in [6, 6.07) is 2.56. The second-order valence-electron chi connectivity index (χ2n) is 5.78. The van der Waals surface area contributed by atoms with Gasteiger partial charge in [0.1, 0.15) is 17.6 Å². The summed E-state index contributed by atoms with van der Waals surface area (Å²) in [4.78, 5) is 25.5. The number of carbonyl (C=O) groups is 2. The van der Waals surface area contributed by atoms with E-state index in [0.29, 0.717) is 6.54 Å². The lowest BCUT2D eigenvalue weighted by Gasteiger charge is -2.31. The highest BCUT2D eigenvalue weighted by Gasteiger charge is 2.31. The van der Waals surface area contributed by atoms with Crippen LogP contribution in [0.15, 0.2) is 16.5 Å². The van der Waals surface area contributed by atoms with Crippen LogP contribution < -0.4 is 11.1 Å². The van der Waals surface area contributed by atoms with Gasteiger partial charge in [0.2, 0.25) is 5.91 Å². The van der Waals surface area contributed by atoms with Gasteiger partial charge in [-0.1, -0.05) is 19.8 Å². The average Bonchev–Trinajstić information content (AvgIpc) is 2.82. The third-order valence-corrected chi connectivity index (χ3v) is 4.12. The Hall–Kier alpha value is -1.98. The van der Waals surface area contributed by atoms with Crippen LogP contribution in [0.1, 0.15) is 57.1 Å². The highest BCUT2D eigenvalue weighted by atomic mass is 16.3. The summed E-state index contributed by atoms with van der Waals surface area (Å²) in [5.41, 5.74) is 5.12. The van der Waals surface area contributed by atoms with Gasteiger partial charge in [-0.3, -0.25) is 4.79 Å². The fraction of sp³-hybridized carbons (Fsp3) is 0.625. The lowest BCUT2D eigenvalue weighted by molar-refractivity contribution is -0.135. The molecule has 2 atom stereocenters. The van der Waals surface area contributed by atoms with Crippen LogP contribution in [0.4, 0.5) is 4.79 Å². The highest BCUT2D eigenvalue weighted by molar-refractivity contribution is 5.86. The molecule has 0 bridgehead atoms. The Balaban J connectivity index is 2.19. The van der Waals surface area contributed by atoms with E-state index in [0.717, 1.165) is 43.6 Å². The molecule has 1 aromatic heterocycles. The monoisotopic (exact) mass is 307 g/mol. The predicted molar refractivity (Wildman–Crippen MR) is 83.2 cm³/mol. The SMILES string of the molecule is CCc1ccc([C@@H]2CCCCCN2C(=O)[C@H](C)NC(N)=O)o1. The van der Waals surface area contributed by atoms with Crippen LogP contribution in [0, 0.1) is 0 Å². The number of nitrogens with zero attached hydrogens (tertiary/aromatic N) is 1. The van der Waals surface area contributed by atoms with Crippen molar-refractivity contribution in [1.82, 2.24) is 10.2 Å². The molecule has 2 rings (SSSR count). The number of aryl methyl sites for hydroxylation is 1. The largest absolute Gasteiger partial charge is 0.464 e. The van der Waals surface area contributed by atoms with Gasteiger partial charge < -0.3 is 20.4 Å². The van der Waals surface area contributed by atoms with Crippen LogP contribution in [0.2, 0.25) is 0 Å². The Morgan fingerprint density at radius 1 is 1.41 bits per heavy atom. The van der Waals surface area contributed by atoms with E-state index >= 15 is 0 Å². The van der Waals surface area contributed by atoms with Gasteiger partial charge in [-0.15, -0.1) is 0 Å². The zero-order valence-electron chi connectivity index (χ0n) is 13.3. The van der Waals surface area contributed by atoms with Gasteiger partial charge in [-0.25, -0.2) is 4.79 Å². The maximum absolute atomic E-state index is 12.7. The molecule has 0 aromatic carbocycles. The maximum Gasteiger partial charge on any atom is 0.312 e. The summed E-state index contributed by atoms with van der Waals surface area (Å²) in [6.07, 6.45) is 4.84. The van der Waals surface area contributed by atoms with E-state index in [1.807, 2.05) is 24.0 Å². The normalized spacial score (nSPS) is 20.3. The van der Waals surface area contributed by atoms with Crippen molar-refractivity contribution in [2.75, 3.05) is 6.54 Å². The summed E-state index contributed by atoms with van der Waals surface area (Å²) in [7, 11) is 0. The van der Waals surface area contributed by atoms with Gasteiger partial charge in [0.15, 0.2) is 0 Å². The number of urea groups is 1. The fourth-order valence-electron chi connectivity index (χ4n) is 2.96. The Labute approximate surface area is 131 Å². The quantitative estimate of drug-likeness (QED) is 0.894. The molecule has 6 heteroatoms. The van der Waals surface area contributed by atoms with Crippen LogP contribution in [0.3, 0.4) is 0 Å². The van der Waals surface area contributed by atoms with E-state index < -0.39 is 12.1 Å². The van der Waals surface area contributed by atoms with Crippen molar-refractivity contribution in [3.63, 3.8) is 0 Å². The first-order valence-corrected chi connectivity index (χ1v) is 7.98. The smallest absolute Gasteiger partial charge is 0.312 e. The van der Waals surface area contributed by atoms with Gasteiger partial charge >= 0.3 is 6.03 Å². The van der Waals surface area contributed by atoms with Gasteiger partial charge in [0, 0.05) is 13.0 Å². The first kappa shape index (κ1) is 16.4. The van der Waals surface area contributed by atoms with E-state index in [4.69, 9.17) is 10.2 Å². The zero-order valence-corrected chi connectivity index (χ0v) is 13.3. The molecule has 6 nitrogen and oxygen atoms in total. The van der Waals surface area contributed by atoms with Crippen LogP contribution in [-0.2, 0) is 11.2 Å². The standard InChI is InChI=1S/C16H25N3O3/c1-3-12-8-9-14(22-12)13-7-5-4-6-10-19(13)15(20)11(2)18-16(17)21/h8-9,11,13H,3-7,10H2,1-2H3,(H3,17,18,21)/t11-,13-/m0/s1. The highest BCUT2D eigenvalue weighted by Crippen LogP contribution is 2.31. The number of amides is 3. The van der Waals surface area contributed by atoms with Gasteiger partial charge in [0.05, 0.1) is 6.04 Å². The zero-order chi connectivity index (χ0) is 16.1. The Morgan fingerprint density at radius 3 is 2.82 bits per heavy atom. The summed E-state index contributed by atoms with van der Waals surface area (Å²) in [6.45, 7) is 4.38. The molecule has 22 heavy (non-hydrogen) atoms. The molecule has 1 aliphatic heterocycles. The minimum atomic E-state index is -0.682. The molecule has 1 aliphatic rings. The molecule has 1 saturated heterocycles. The Morgan fingerprint density at radius 2 is 2.18 bits per heavy atom. The number of carbonyl (C=O) groups excluding carboxylic acids is 2. The third kappa shape index (κ3) is 3.81. The van der Waals surface area contributed by atoms with Crippen molar-refractivity contribution in [2.45, 2.75) is 58.0 Å². The van der Waals surface area contributed by atoms with E-state index in [2.05, 4.69) is 5.32 Å². The van der Waals surface area contributed by atoms with Crippen LogP contribution in [0.25, 0.3) is 0 Å². The number of hydrogen-bond donors (Lipinski definition) is 2. The molecular formula is C16H25N3O3. The number of likely N-dealkylation sites (tertiary alicyclic amines) is 1. The molecule has 2 heterocycles. The van der Waals surface area contributed by atoms with E-state index in [-0.39, 0.29) is 11.9 Å². The maximum atomic E-state index is 12.7. The minimum absolute atomic E-state index is 0.0626. The van der Waals surface area contributed by atoms with Crippen molar-refractivity contribution >= 4 is 11.9 Å². The van der Waals surface area contributed by atoms with Crippen molar-refractivity contribution in [2.24, 2.45) is 5.73 Å². The molecule has 3 amide bonds. The number of nitrogens with two attached hydrogens (primary N) is 1. The van der Waals surface area contributed by atoms with Crippen LogP contribution in [0.5, 0.6) is 0 Å². The number of rotatable bonds is 4. The summed E-state index contributed by atoms with van der Waals surface area (Å²) in [5, 5.41) is 2.47. The molecule has 122 valence electrons. The lowest BCUT2D eigenvalue weighted by Crippen LogP contribution is -2.49. The first-order chi connectivity index (χ1) is 10.5. The number of hydrogen-bond acceptors (Lipinski definition) is 3. The van der Waals surface area contributed by atoms with E-state index in [1.54, 1.807) is 6.92 Å². The van der Waals surface area contributed by atoms with Gasteiger partial charge in [-0.05, 0) is 31.9 Å². The summed E-state index contributed by atoms with van der Waals surface area (Å²) >= 11 is 0. The number of nitrogens with one attached hydrogen (secondary N) is 1. The van der Waals surface area contributed by atoms with Crippen molar-refractivity contribution in [1.29, 1.82) is 0 Å². The number of primary amides is 1. The van der Waals surface area contributed by atoms with Crippen molar-refractivity contribution in [3.05, 3.63) is 23.7 Å². The predicted octanol–water partition coefficient (Wildman–Crippen LogP) is 2.34. The van der Waals surface area contributed by atoms with Crippen molar-refractivity contribution in [3.8, 4) is 0 Å².